The van der Waals surface area contributed by atoms with Crippen LogP contribution in [-0.2, 0) is 20.1 Å². The van der Waals surface area contributed by atoms with Crippen molar-refractivity contribution in [3.05, 3.63) is 29.8 Å². The second-order valence-electron chi connectivity index (χ2n) is 5.58. The topological polar surface area (TPSA) is 77.6 Å². The zero-order valence-electron chi connectivity index (χ0n) is 12.0. The molecule has 1 amide bonds. The molecule has 0 bridgehead atoms. The van der Waals surface area contributed by atoms with E-state index in [1.807, 2.05) is 0 Å². The van der Waals surface area contributed by atoms with E-state index in [1.165, 1.54) is 4.68 Å². The van der Waals surface area contributed by atoms with Crippen molar-refractivity contribution in [3.63, 3.8) is 0 Å². The Kier molecular flexibility index (Phi) is 3.63. The van der Waals surface area contributed by atoms with Gasteiger partial charge in [0.2, 0.25) is 5.92 Å². The van der Waals surface area contributed by atoms with Gasteiger partial charge in [0.25, 0.3) is 5.91 Å². The number of nitrogens with zero attached hydrogens (tertiary/aromatic N) is 5. The van der Waals surface area contributed by atoms with Gasteiger partial charge >= 0.3 is 0 Å². The molecule has 0 spiro atoms. The molecule has 3 rings (SSSR count). The lowest BCUT2D eigenvalue weighted by atomic mass is 9.81. The molecule has 1 aliphatic carbocycles. The van der Waals surface area contributed by atoms with Crippen LogP contribution in [-0.4, -0.2) is 36.6 Å². The lowest BCUT2D eigenvalue weighted by molar-refractivity contribution is -0.114. The van der Waals surface area contributed by atoms with Crippen molar-refractivity contribution in [2.45, 2.75) is 31.9 Å². The lowest BCUT2D eigenvalue weighted by Crippen LogP contribution is -2.37. The molecule has 7 nitrogen and oxygen atoms in total. The van der Waals surface area contributed by atoms with Gasteiger partial charge in [0.1, 0.15) is 11.4 Å². The third-order valence-corrected chi connectivity index (χ3v) is 3.69. The van der Waals surface area contributed by atoms with Crippen LogP contribution in [0, 0.1) is 5.92 Å². The largest absolute Gasteiger partial charge is 0.345 e. The van der Waals surface area contributed by atoms with Gasteiger partial charge in [-0.25, -0.2) is 8.78 Å². The van der Waals surface area contributed by atoms with Gasteiger partial charge in [-0.1, -0.05) is 5.21 Å². The Labute approximate surface area is 125 Å². The van der Waals surface area contributed by atoms with E-state index < -0.39 is 5.92 Å². The summed E-state index contributed by atoms with van der Waals surface area (Å²) in [4.78, 5) is 11.9. The van der Waals surface area contributed by atoms with Gasteiger partial charge in [0, 0.05) is 32.6 Å². The lowest BCUT2D eigenvalue weighted by Gasteiger charge is -2.34. The summed E-state index contributed by atoms with van der Waals surface area (Å²) in [5, 5.41) is 14.5. The molecule has 1 aliphatic rings. The van der Waals surface area contributed by atoms with Gasteiger partial charge < -0.3 is 5.32 Å². The molecule has 1 N–H and O–H groups in total. The average Bonchev–Trinajstić information content (AvgIpc) is 3.03. The Morgan fingerprint density at radius 2 is 2.27 bits per heavy atom. The standard InChI is InChI=1S/C13H16F2N6O/c1-20-11(2-3-17-20)12(22)16-6-10-8-21(19-18-10)7-9-4-13(14,15)5-9/h2-3,8-9H,4-7H2,1H3,(H,16,22). The van der Waals surface area contributed by atoms with Crippen molar-refractivity contribution in [2.75, 3.05) is 0 Å². The number of alkyl halides is 2. The number of rotatable bonds is 5. The van der Waals surface area contributed by atoms with E-state index in [9.17, 15) is 13.6 Å². The molecule has 0 aliphatic heterocycles. The Morgan fingerprint density at radius 1 is 1.50 bits per heavy atom. The first kappa shape index (κ1) is 14.6. The molecule has 0 saturated heterocycles. The van der Waals surface area contributed by atoms with Gasteiger partial charge in [-0.3, -0.25) is 14.2 Å². The van der Waals surface area contributed by atoms with Crippen LogP contribution in [0.4, 0.5) is 8.78 Å². The number of hydrogen-bond acceptors (Lipinski definition) is 4. The minimum Gasteiger partial charge on any atom is -0.345 e. The maximum atomic E-state index is 12.8. The summed E-state index contributed by atoms with van der Waals surface area (Å²) >= 11 is 0. The van der Waals surface area contributed by atoms with E-state index in [0.29, 0.717) is 17.9 Å². The molecule has 2 aromatic rings. The fraction of sp³-hybridized carbons (Fsp3) is 0.538. The molecule has 0 aromatic carbocycles. The molecular formula is C13H16F2N6O. The molecule has 9 heteroatoms. The highest BCUT2D eigenvalue weighted by atomic mass is 19.3. The molecule has 0 atom stereocenters. The number of carbonyl (C=O) groups excluding carboxylic acids is 1. The highest BCUT2D eigenvalue weighted by molar-refractivity contribution is 5.92. The van der Waals surface area contributed by atoms with Crippen molar-refractivity contribution < 1.29 is 13.6 Å². The normalized spacial score (nSPS) is 17.2. The first-order valence-electron chi connectivity index (χ1n) is 6.96. The first-order chi connectivity index (χ1) is 10.4. The van der Waals surface area contributed by atoms with E-state index in [4.69, 9.17) is 0 Å². The highest BCUT2D eigenvalue weighted by Gasteiger charge is 2.45. The van der Waals surface area contributed by atoms with Crippen LogP contribution in [0.25, 0.3) is 0 Å². The van der Waals surface area contributed by atoms with Crippen molar-refractivity contribution in [2.24, 2.45) is 13.0 Å². The Balaban J connectivity index is 1.50. The van der Waals surface area contributed by atoms with Gasteiger partial charge in [0.05, 0.1) is 12.7 Å². The van der Waals surface area contributed by atoms with Crippen molar-refractivity contribution in [1.29, 1.82) is 0 Å². The molecule has 1 fully saturated rings. The maximum Gasteiger partial charge on any atom is 0.269 e. The SMILES string of the molecule is Cn1nccc1C(=O)NCc1cn(CC2CC(F)(F)C2)nn1. The number of aryl methyl sites for hydroxylation is 1. The molecule has 2 aromatic heterocycles. The summed E-state index contributed by atoms with van der Waals surface area (Å²) in [6, 6.07) is 1.61. The van der Waals surface area contributed by atoms with Crippen LogP contribution >= 0.6 is 0 Å². The smallest absolute Gasteiger partial charge is 0.269 e. The van der Waals surface area contributed by atoms with E-state index in [-0.39, 0.29) is 31.2 Å². The summed E-state index contributed by atoms with van der Waals surface area (Å²) in [7, 11) is 1.68. The quantitative estimate of drug-likeness (QED) is 0.893. The van der Waals surface area contributed by atoms with Crippen LogP contribution in [0.5, 0.6) is 0 Å². The van der Waals surface area contributed by atoms with E-state index in [1.54, 1.807) is 30.2 Å². The predicted molar refractivity (Wildman–Crippen MR) is 72.1 cm³/mol. The molecule has 0 radical (unpaired) electrons. The van der Waals surface area contributed by atoms with Crippen LogP contribution in [0.3, 0.4) is 0 Å². The summed E-state index contributed by atoms with van der Waals surface area (Å²) in [5.41, 5.74) is 1.03. The number of hydrogen-bond donors (Lipinski definition) is 1. The minimum atomic E-state index is -2.52. The second kappa shape index (κ2) is 5.47. The molecule has 118 valence electrons. The molecular weight excluding hydrogens is 294 g/mol. The zero-order chi connectivity index (χ0) is 15.7. The van der Waals surface area contributed by atoms with Gasteiger partial charge in [-0.2, -0.15) is 5.10 Å². The Morgan fingerprint density at radius 3 is 2.91 bits per heavy atom. The van der Waals surface area contributed by atoms with Crippen molar-refractivity contribution in [3.8, 4) is 0 Å². The highest BCUT2D eigenvalue weighted by Crippen LogP contribution is 2.42. The third-order valence-electron chi connectivity index (χ3n) is 3.69. The van der Waals surface area contributed by atoms with E-state index in [2.05, 4.69) is 20.7 Å². The number of aromatic nitrogens is 5. The van der Waals surface area contributed by atoms with Crippen molar-refractivity contribution in [1.82, 2.24) is 30.1 Å². The van der Waals surface area contributed by atoms with Crippen LogP contribution in [0.2, 0.25) is 0 Å². The summed E-state index contributed by atoms with van der Waals surface area (Å²) in [5.74, 6) is -2.84. The fourth-order valence-electron chi connectivity index (χ4n) is 2.55. The van der Waals surface area contributed by atoms with Crippen LogP contribution in [0.1, 0.15) is 29.0 Å². The average molecular weight is 310 g/mol. The fourth-order valence-corrected chi connectivity index (χ4v) is 2.55. The molecule has 2 heterocycles. The van der Waals surface area contributed by atoms with E-state index >= 15 is 0 Å². The van der Waals surface area contributed by atoms with Gasteiger partial charge in [-0.15, -0.1) is 5.10 Å². The molecule has 1 saturated carbocycles. The van der Waals surface area contributed by atoms with Gasteiger partial charge in [0.15, 0.2) is 0 Å². The minimum absolute atomic E-state index is 0.0615. The van der Waals surface area contributed by atoms with E-state index in [0.717, 1.165) is 0 Å². The third kappa shape index (κ3) is 3.12. The zero-order valence-corrected chi connectivity index (χ0v) is 12.0. The van der Waals surface area contributed by atoms with Gasteiger partial charge in [-0.05, 0) is 12.0 Å². The number of amides is 1. The summed E-state index contributed by atoms with van der Waals surface area (Å²) < 4.78 is 28.6. The predicted octanol–water partition coefficient (Wildman–Crippen LogP) is 0.987. The van der Waals surface area contributed by atoms with Crippen molar-refractivity contribution >= 4 is 5.91 Å². The Bertz CT molecular complexity index is 672. The van der Waals surface area contributed by atoms with Crippen LogP contribution in [0.15, 0.2) is 18.5 Å². The molecule has 22 heavy (non-hydrogen) atoms. The molecule has 0 unspecified atom stereocenters. The van der Waals surface area contributed by atoms with Crippen LogP contribution < -0.4 is 5.32 Å². The Hall–Kier alpha value is -2.32. The maximum absolute atomic E-state index is 12.8. The summed E-state index contributed by atoms with van der Waals surface area (Å²) in [6.07, 6.45) is 3.01. The number of carbonyl (C=O) groups is 1. The monoisotopic (exact) mass is 310 g/mol. The summed E-state index contributed by atoms with van der Waals surface area (Å²) in [6.45, 7) is 0.656. The first-order valence-corrected chi connectivity index (χ1v) is 6.96. The number of halogens is 2. The second-order valence-corrected chi connectivity index (χ2v) is 5.58. The number of nitrogens with one attached hydrogen (secondary N) is 1.